The number of hydrogen-bond acceptors (Lipinski definition) is 3. The van der Waals surface area contributed by atoms with Crippen molar-refractivity contribution in [1.82, 2.24) is 20.0 Å². The van der Waals surface area contributed by atoms with E-state index in [2.05, 4.69) is 31.2 Å². The molecule has 6 nitrogen and oxygen atoms in total. The van der Waals surface area contributed by atoms with Gasteiger partial charge in [-0.25, -0.2) is 9.18 Å². The highest BCUT2D eigenvalue weighted by Crippen LogP contribution is 2.33. The zero-order valence-electron chi connectivity index (χ0n) is 24.5. The van der Waals surface area contributed by atoms with Gasteiger partial charge in [-0.15, -0.1) is 0 Å². The van der Waals surface area contributed by atoms with E-state index in [1.165, 1.54) is 5.56 Å². The van der Waals surface area contributed by atoms with Crippen LogP contribution in [0.5, 0.6) is 0 Å². The van der Waals surface area contributed by atoms with Crippen molar-refractivity contribution in [3.63, 3.8) is 0 Å². The number of halogens is 3. The Kier molecular flexibility index (Phi) is 11.3. The van der Waals surface area contributed by atoms with Gasteiger partial charge >= 0.3 is 6.03 Å². The van der Waals surface area contributed by atoms with E-state index >= 15 is 0 Å². The van der Waals surface area contributed by atoms with Crippen LogP contribution >= 0.6 is 23.2 Å². The third kappa shape index (κ3) is 8.59. The molecular formula is C32H43Cl2FN4O2. The third-order valence-electron chi connectivity index (χ3n) is 8.49. The van der Waals surface area contributed by atoms with E-state index in [4.69, 9.17) is 23.2 Å². The number of likely N-dealkylation sites (tertiary alicyclic amines) is 2. The Morgan fingerprint density at radius 2 is 1.68 bits per heavy atom. The lowest BCUT2D eigenvalue weighted by atomic mass is 9.83. The molecule has 0 aromatic heterocycles. The number of carbonyl (C=O) groups is 2. The van der Waals surface area contributed by atoms with Gasteiger partial charge in [0.1, 0.15) is 11.9 Å². The second-order valence-corrected chi connectivity index (χ2v) is 12.7. The minimum Gasteiger partial charge on any atom is -0.341 e. The Morgan fingerprint density at radius 3 is 2.32 bits per heavy atom. The van der Waals surface area contributed by atoms with Crippen LogP contribution in [0.15, 0.2) is 36.4 Å². The number of hydrogen-bond donors (Lipinski definition) is 1. The van der Waals surface area contributed by atoms with Crippen molar-refractivity contribution >= 4 is 35.1 Å². The van der Waals surface area contributed by atoms with Gasteiger partial charge in [-0.05, 0) is 99.0 Å². The summed E-state index contributed by atoms with van der Waals surface area (Å²) in [6.07, 6.45) is 5.70. The Labute approximate surface area is 254 Å². The first-order valence-corrected chi connectivity index (χ1v) is 15.6. The number of amides is 3. The average molecular weight is 606 g/mol. The van der Waals surface area contributed by atoms with Crippen LogP contribution in [-0.4, -0.2) is 79.5 Å². The lowest BCUT2D eigenvalue weighted by Crippen LogP contribution is -2.54. The highest BCUT2D eigenvalue weighted by atomic mass is 35.5. The molecule has 2 atom stereocenters. The van der Waals surface area contributed by atoms with E-state index in [0.717, 1.165) is 56.2 Å². The Bertz CT molecular complexity index is 1200. The van der Waals surface area contributed by atoms with Crippen LogP contribution in [-0.2, 0) is 17.6 Å². The van der Waals surface area contributed by atoms with Crippen molar-refractivity contribution < 1.29 is 14.0 Å². The van der Waals surface area contributed by atoms with E-state index in [1.54, 1.807) is 29.2 Å². The van der Waals surface area contributed by atoms with E-state index in [-0.39, 0.29) is 23.7 Å². The summed E-state index contributed by atoms with van der Waals surface area (Å²) in [4.78, 5) is 32.7. The number of carbonyl (C=O) groups excluding carboxylic acids is 2. The Hall–Kier alpha value is -2.35. The Balaban J connectivity index is 1.46. The summed E-state index contributed by atoms with van der Waals surface area (Å²) >= 11 is 12.5. The normalized spacial score (nSPS) is 17.6. The van der Waals surface area contributed by atoms with Crippen LogP contribution in [0.4, 0.5) is 9.18 Å². The van der Waals surface area contributed by atoms with Gasteiger partial charge in [0.05, 0.1) is 0 Å². The van der Waals surface area contributed by atoms with Gasteiger partial charge < -0.3 is 20.0 Å². The quantitative estimate of drug-likeness (QED) is 0.342. The molecule has 9 heteroatoms. The zero-order valence-corrected chi connectivity index (χ0v) is 26.0. The molecule has 224 valence electrons. The standard InChI is InChI=1S/C32H43Cl2FN4O2/c1-4-22(21-37(2)3)17-25-18-27(35)9-10-28(25)23-11-15-38(16-12-23)31(40)30(36-32(41)39-13-5-6-14-39)19-24-7-8-26(33)20-29(24)34/h7-10,18,20,22-23,30H,4-6,11-17,19,21H2,1-3H3,(H,36,41)/t22?,30-/m1/s1. The second kappa shape index (κ2) is 14.7. The summed E-state index contributed by atoms with van der Waals surface area (Å²) in [5, 5.41) is 4.01. The summed E-state index contributed by atoms with van der Waals surface area (Å²) < 4.78 is 14.3. The Morgan fingerprint density at radius 1 is 0.976 bits per heavy atom. The van der Waals surface area contributed by atoms with Crippen molar-refractivity contribution in [3.05, 3.63) is 69.0 Å². The van der Waals surface area contributed by atoms with Gasteiger partial charge in [-0.3, -0.25) is 4.79 Å². The minimum absolute atomic E-state index is 0.0987. The summed E-state index contributed by atoms with van der Waals surface area (Å²) in [5.74, 6) is 0.411. The highest BCUT2D eigenvalue weighted by molar-refractivity contribution is 6.35. The summed E-state index contributed by atoms with van der Waals surface area (Å²) in [6, 6.07) is 9.49. The van der Waals surface area contributed by atoms with Crippen LogP contribution in [0.3, 0.4) is 0 Å². The molecule has 4 rings (SSSR count). The zero-order chi connectivity index (χ0) is 29.5. The first kappa shape index (κ1) is 31.6. The summed E-state index contributed by atoms with van der Waals surface area (Å²) in [6.45, 7) is 5.72. The fourth-order valence-corrected chi connectivity index (χ4v) is 6.70. The van der Waals surface area contributed by atoms with Gasteiger partial charge in [0.15, 0.2) is 0 Å². The maximum Gasteiger partial charge on any atom is 0.318 e. The van der Waals surface area contributed by atoms with Crippen molar-refractivity contribution in [1.29, 1.82) is 0 Å². The number of urea groups is 1. The maximum atomic E-state index is 14.3. The fourth-order valence-electron chi connectivity index (χ4n) is 6.21. The first-order chi connectivity index (χ1) is 19.6. The number of nitrogens with one attached hydrogen (secondary N) is 1. The molecule has 2 saturated heterocycles. The maximum absolute atomic E-state index is 14.3. The number of piperidine rings is 1. The predicted molar refractivity (Wildman–Crippen MR) is 164 cm³/mol. The molecule has 41 heavy (non-hydrogen) atoms. The van der Waals surface area contributed by atoms with Gasteiger partial charge in [-0.2, -0.15) is 0 Å². The van der Waals surface area contributed by atoms with Crippen LogP contribution < -0.4 is 5.32 Å². The molecule has 0 aliphatic carbocycles. The fraction of sp³-hybridized carbons (Fsp3) is 0.562. The highest BCUT2D eigenvalue weighted by Gasteiger charge is 2.32. The van der Waals surface area contributed by atoms with Crippen LogP contribution in [0.1, 0.15) is 61.6 Å². The monoisotopic (exact) mass is 604 g/mol. The van der Waals surface area contributed by atoms with E-state index in [0.29, 0.717) is 48.6 Å². The molecule has 3 amide bonds. The smallest absolute Gasteiger partial charge is 0.318 e. The summed E-state index contributed by atoms with van der Waals surface area (Å²) in [7, 11) is 4.15. The third-order valence-corrected chi connectivity index (χ3v) is 9.08. The number of benzene rings is 2. The van der Waals surface area contributed by atoms with E-state index in [1.807, 2.05) is 17.0 Å². The molecule has 0 bridgehead atoms. The first-order valence-electron chi connectivity index (χ1n) is 14.9. The van der Waals surface area contributed by atoms with Gasteiger partial charge in [0.25, 0.3) is 0 Å². The van der Waals surface area contributed by atoms with Crippen molar-refractivity contribution in [3.8, 4) is 0 Å². The van der Waals surface area contributed by atoms with Crippen molar-refractivity contribution in [2.45, 2.75) is 63.8 Å². The van der Waals surface area contributed by atoms with Gasteiger partial charge in [0, 0.05) is 49.2 Å². The molecule has 2 fully saturated rings. The molecule has 1 N–H and O–H groups in total. The number of nitrogens with zero attached hydrogens (tertiary/aromatic N) is 3. The van der Waals surface area contributed by atoms with Crippen LogP contribution in [0, 0.1) is 11.7 Å². The summed E-state index contributed by atoms with van der Waals surface area (Å²) in [5.41, 5.74) is 3.05. The molecule has 0 spiro atoms. The lowest BCUT2D eigenvalue weighted by molar-refractivity contribution is -0.134. The topological polar surface area (TPSA) is 55.9 Å². The molecule has 2 heterocycles. The predicted octanol–water partition coefficient (Wildman–Crippen LogP) is 6.39. The van der Waals surface area contributed by atoms with E-state index in [9.17, 15) is 14.0 Å². The molecular weight excluding hydrogens is 562 g/mol. The molecule has 2 aliphatic rings. The number of rotatable bonds is 10. The van der Waals surface area contributed by atoms with Crippen LogP contribution in [0.25, 0.3) is 0 Å². The average Bonchev–Trinajstić information content (AvgIpc) is 3.49. The van der Waals surface area contributed by atoms with Crippen LogP contribution in [0.2, 0.25) is 10.0 Å². The molecule has 0 radical (unpaired) electrons. The molecule has 2 aliphatic heterocycles. The largest absolute Gasteiger partial charge is 0.341 e. The molecule has 1 unspecified atom stereocenters. The minimum atomic E-state index is -0.726. The molecule has 2 aromatic rings. The van der Waals surface area contributed by atoms with Crippen molar-refractivity contribution in [2.24, 2.45) is 5.92 Å². The van der Waals surface area contributed by atoms with Gasteiger partial charge in [-0.1, -0.05) is 48.7 Å². The van der Waals surface area contributed by atoms with Gasteiger partial charge in [0.2, 0.25) is 5.91 Å². The lowest BCUT2D eigenvalue weighted by Gasteiger charge is -2.36. The molecule has 2 aromatic carbocycles. The van der Waals surface area contributed by atoms with E-state index < -0.39 is 6.04 Å². The van der Waals surface area contributed by atoms with Crippen molar-refractivity contribution in [2.75, 3.05) is 46.8 Å². The SMILES string of the molecule is CCC(Cc1cc(F)ccc1C1CCN(C(=O)[C@@H](Cc2ccc(Cl)cc2Cl)NC(=O)N2CCCC2)CC1)CN(C)C. The second-order valence-electron chi connectivity index (χ2n) is 11.8. The molecule has 0 saturated carbocycles.